The van der Waals surface area contributed by atoms with Crippen molar-refractivity contribution in [1.29, 1.82) is 0 Å². The van der Waals surface area contributed by atoms with Gasteiger partial charge in [0.15, 0.2) is 5.41 Å². The molecule has 0 aromatic carbocycles. The monoisotopic (exact) mass is 315 g/mol. The number of halogens is 3. The first-order chi connectivity index (χ1) is 10.3. The molecule has 8 heteroatoms. The van der Waals surface area contributed by atoms with Gasteiger partial charge in [0.25, 0.3) is 0 Å². The lowest BCUT2D eigenvalue weighted by Gasteiger charge is -2.40. The quantitative estimate of drug-likeness (QED) is 0.906. The number of rotatable bonds is 2. The van der Waals surface area contributed by atoms with Crippen molar-refractivity contribution in [1.82, 2.24) is 9.97 Å². The summed E-state index contributed by atoms with van der Waals surface area (Å²) >= 11 is 0. The summed E-state index contributed by atoms with van der Waals surface area (Å²) in [6.07, 6.45) is -1.56. The van der Waals surface area contributed by atoms with E-state index in [-0.39, 0.29) is 13.1 Å². The molecule has 0 unspecified atom stereocenters. The molecule has 0 bridgehead atoms. The third-order valence-corrected chi connectivity index (χ3v) is 4.72. The number of anilines is 1. The number of carboxylic acid groups (broad SMARTS) is 1. The molecular formula is C14H16F3N3O2. The third-order valence-electron chi connectivity index (χ3n) is 4.72. The smallest absolute Gasteiger partial charge is 0.405 e. The van der Waals surface area contributed by atoms with Crippen LogP contribution < -0.4 is 4.90 Å². The number of nitrogens with zero attached hydrogens (tertiary/aromatic N) is 3. The van der Waals surface area contributed by atoms with E-state index in [1.807, 2.05) is 0 Å². The summed E-state index contributed by atoms with van der Waals surface area (Å²) in [4.78, 5) is 21.4. The van der Waals surface area contributed by atoms with Gasteiger partial charge in [0.2, 0.25) is 0 Å². The number of piperidine rings is 1. The Kier molecular flexibility index (Phi) is 3.49. The predicted molar refractivity (Wildman–Crippen MR) is 71.6 cm³/mol. The van der Waals surface area contributed by atoms with Gasteiger partial charge in [-0.2, -0.15) is 13.2 Å². The van der Waals surface area contributed by atoms with Gasteiger partial charge < -0.3 is 10.0 Å². The SMILES string of the molecule is O=C(O)C1(C(F)(F)F)CCN(c2ncnc3c2CCC3)CC1. The molecule has 2 heterocycles. The maximum atomic E-state index is 13.2. The highest BCUT2D eigenvalue weighted by atomic mass is 19.4. The summed E-state index contributed by atoms with van der Waals surface area (Å²) in [5, 5.41) is 9.07. The van der Waals surface area contributed by atoms with Gasteiger partial charge in [-0.15, -0.1) is 0 Å². The van der Waals surface area contributed by atoms with Crippen LogP contribution in [0.4, 0.5) is 19.0 Å². The molecule has 0 spiro atoms. The average molecular weight is 315 g/mol. The molecule has 1 saturated heterocycles. The first kappa shape index (κ1) is 15.1. The van der Waals surface area contributed by atoms with Crippen LogP contribution in [-0.4, -0.2) is 40.3 Å². The van der Waals surface area contributed by atoms with Crippen LogP contribution in [0.1, 0.15) is 30.5 Å². The molecule has 1 aromatic rings. The number of carbonyl (C=O) groups is 1. The molecule has 2 aliphatic rings. The molecule has 1 aliphatic heterocycles. The van der Waals surface area contributed by atoms with Gasteiger partial charge in [0.1, 0.15) is 12.1 Å². The topological polar surface area (TPSA) is 66.3 Å². The molecule has 1 aromatic heterocycles. The Labute approximate surface area is 125 Å². The second kappa shape index (κ2) is 5.10. The zero-order valence-electron chi connectivity index (χ0n) is 11.9. The molecular weight excluding hydrogens is 299 g/mol. The molecule has 5 nitrogen and oxygen atoms in total. The van der Waals surface area contributed by atoms with E-state index in [2.05, 4.69) is 9.97 Å². The van der Waals surface area contributed by atoms with Crippen LogP contribution in [0, 0.1) is 5.41 Å². The molecule has 0 radical (unpaired) electrons. The zero-order valence-corrected chi connectivity index (χ0v) is 11.9. The lowest BCUT2D eigenvalue weighted by molar-refractivity contribution is -0.236. The van der Waals surface area contributed by atoms with Crippen LogP contribution in [0.3, 0.4) is 0 Å². The Hall–Kier alpha value is -1.86. The van der Waals surface area contributed by atoms with Crippen molar-refractivity contribution in [3.05, 3.63) is 17.6 Å². The third kappa shape index (κ3) is 2.21. The number of hydrogen-bond donors (Lipinski definition) is 1. The number of fused-ring (bicyclic) bond motifs is 1. The number of carboxylic acids is 1. The van der Waals surface area contributed by atoms with E-state index in [9.17, 15) is 18.0 Å². The molecule has 0 amide bonds. The highest BCUT2D eigenvalue weighted by Crippen LogP contribution is 2.47. The number of aromatic nitrogens is 2. The van der Waals surface area contributed by atoms with Crippen molar-refractivity contribution < 1.29 is 23.1 Å². The minimum Gasteiger partial charge on any atom is -0.481 e. The fourth-order valence-corrected chi connectivity index (χ4v) is 3.33. The van der Waals surface area contributed by atoms with Gasteiger partial charge >= 0.3 is 12.1 Å². The van der Waals surface area contributed by atoms with Crippen LogP contribution in [0.5, 0.6) is 0 Å². The summed E-state index contributed by atoms with van der Waals surface area (Å²) in [6.45, 7) is 0.0739. The summed E-state index contributed by atoms with van der Waals surface area (Å²) in [7, 11) is 0. The lowest BCUT2D eigenvalue weighted by atomic mass is 9.77. The standard InChI is InChI=1S/C14H16F3N3O2/c15-14(16,17)13(12(21)22)4-6-20(7-5-13)11-9-2-1-3-10(9)18-8-19-11/h8H,1-7H2,(H,21,22). The summed E-state index contributed by atoms with van der Waals surface area (Å²) < 4.78 is 39.5. The molecule has 1 aliphatic carbocycles. The second-order valence-corrected chi connectivity index (χ2v) is 5.85. The first-order valence-corrected chi connectivity index (χ1v) is 7.23. The highest BCUT2D eigenvalue weighted by molar-refractivity contribution is 5.76. The molecule has 0 saturated carbocycles. The molecule has 0 atom stereocenters. The number of aryl methyl sites for hydroxylation is 1. The summed E-state index contributed by atoms with van der Waals surface area (Å²) in [6, 6.07) is 0. The van der Waals surface area contributed by atoms with Crippen LogP contribution in [0.2, 0.25) is 0 Å². The van der Waals surface area contributed by atoms with E-state index in [0.717, 1.165) is 30.5 Å². The van der Waals surface area contributed by atoms with E-state index in [0.29, 0.717) is 5.82 Å². The molecule has 120 valence electrons. The number of hydrogen-bond acceptors (Lipinski definition) is 4. The Morgan fingerprint density at radius 2 is 1.91 bits per heavy atom. The number of alkyl halides is 3. The van der Waals surface area contributed by atoms with Gasteiger partial charge in [-0.1, -0.05) is 0 Å². The van der Waals surface area contributed by atoms with Gasteiger partial charge in [0.05, 0.1) is 0 Å². The maximum absolute atomic E-state index is 13.2. The fourth-order valence-electron chi connectivity index (χ4n) is 3.33. The van der Waals surface area contributed by atoms with Gasteiger partial charge in [-0.3, -0.25) is 4.79 Å². The van der Waals surface area contributed by atoms with E-state index in [1.54, 1.807) is 4.90 Å². The van der Waals surface area contributed by atoms with Crippen LogP contribution in [0.15, 0.2) is 6.33 Å². The Morgan fingerprint density at radius 1 is 1.23 bits per heavy atom. The zero-order chi connectivity index (χ0) is 16.0. The molecule has 22 heavy (non-hydrogen) atoms. The normalized spacial score (nSPS) is 20.8. The van der Waals surface area contributed by atoms with Crippen molar-refractivity contribution >= 4 is 11.8 Å². The van der Waals surface area contributed by atoms with Gasteiger partial charge in [0, 0.05) is 24.3 Å². The van der Waals surface area contributed by atoms with Crippen molar-refractivity contribution in [3.8, 4) is 0 Å². The Balaban J connectivity index is 1.83. The average Bonchev–Trinajstić information content (AvgIpc) is 2.94. The van der Waals surface area contributed by atoms with Crippen molar-refractivity contribution in [2.45, 2.75) is 38.3 Å². The predicted octanol–water partition coefficient (Wildman–Crippen LogP) is 2.20. The van der Waals surface area contributed by atoms with E-state index >= 15 is 0 Å². The first-order valence-electron chi connectivity index (χ1n) is 7.23. The van der Waals surface area contributed by atoms with E-state index < -0.39 is 30.4 Å². The Morgan fingerprint density at radius 3 is 2.50 bits per heavy atom. The van der Waals surface area contributed by atoms with E-state index in [1.165, 1.54) is 6.33 Å². The highest BCUT2D eigenvalue weighted by Gasteiger charge is 2.61. The second-order valence-electron chi connectivity index (χ2n) is 5.85. The van der Waals surface area contributed by atoms with Crippen LogP contribution in [0.25, 0.3) is 0 Å². The molecule has 3 rings (SSSR count). The maximum Gasteiger partial charge on any atom is 0.405 e. The van der Waals surface area contributed by atoms with E-state index in [4.69, 9.17) is 5.11 Å². The van der Waals surface area contributed by atoms with Gasteiger partial charge in [-0.05, 0) is 32.1 Å². The minimum absolute atomic E-state index is 0.0370. The van der Waals surface area contributed by atoms with Gasteiger partial charge in [-0.25, -0.2) is 9.97 Å². The fraction of sp³-hybridized carbons (Fsp3) is 0.643. The van der Waals surface area contributed by atoms with Crippen molar-refractivity contribution in [2.24, 2.45) is 5.41 Å². The lowest BCUT2D eigenvalue weighted by Crippen LogP contribution is -2.53. The van der Waals surface area contributed by atoms with Crippen molar-refractivity contribution in [2.75, 3.05) is 18.0 Å². The van der Waals surface area contributed by atoms with Crippen LogP contribution in [-0.2, 0) is 17.6 Å². The van der Waals surface area contributed by atoms with Crippen molar-refractivity contribution in [3.63, 3.8) is 0 Å². The molecule has 1 N–H and O–H groups in total. The Bertz CT molecular complexity index is 595. The largest absolute Gasteiger partial charge is 0.481 e. The number of aliphatic carboxylic acids is 1. The van der Waals surface area contributed by atoms with Crippen LogP contribution >= 0.6 is 0 Å². The summed E-state index contributed by atoms with van der Waals surface area (Å²) in [5.74, 6) is -1.11. The summed E-state index contributed by atoms with van der Waals surface area (Å²) in [5.41, 5.74) is -0.687. The molecule has 1 fully saturated rings. The minimum atomic E-state index is -4.74.